The molecule has 1 aromatic rings. The average molecular weight is 265 g/mol. The number of likely N-dealkylation sites (N-methyl/N-ethyl adjacent to an activating group) is 1. The molecule has 1 heterocycles. The van der Waals surface area contributed by atoms with E-state index in [-0.39, 0.29) is 5.82 Å². The molecule has 3 nitrogen and oxygen atoms in total. The first-order valence-corrected chi connectivity index (χ1v) is 7.12. The lowest BCUT2D eigenvalue weighted by atomic mass is 10.1. The molecule has 0 atom stereocenters. The van der Waals surface area contributed by atoms with E-state index in [1.54, 1.807) is 6.07 Å². The summed E-state index contributed by atoms with van der Waals surface area (Å²) in [5.41, 5.74) is 7.14. The van der Waals surface area contributed by atoms with E-state index in [9.17, 15) is 4.39 Å². The second-order valence-electron chi connectivity index (χ2n) is 5.29. The molecule has 1 aliphatic heterocycles. The SMILES string of the molecule is CN(CCN1CCCC1)c1ccc(CCN)cc1F. The molecule has 1 saturated heterocycles. The molecule has 0 bridgehead atoms. The highest BCUT2D eigenvalue weighted by Gasteiger charge is 2.13. The number of rotatable bonds is 6. The molecule has 0 saturated carbocycles. The van der Waals surface area contributed by atoms with Crippen LogP contribution in [-0.4, -0.2) is 44.7 Å². The lowest BCUT2D eigenvalue weighted by molar-refractivity contribution is 0.346. The van der Waals surface area contributed by atoms with Crippen molar-refractivity contribution in [2.45, 2.75) is 19.3 Å². The molecule has 106 valence electrons. The highest BCUT2D eigenvalue weighted by Crippen LogP contribution is 2.20. The monoisotopic (exact) mass is 265 g/mol. The molecular formula is C15H24FN3. The van der Waals surface area contributed by atoms with Crippen molar-refractivity contribution >= 4 is 5.69 Å². The summed E-state index contributed by atoms with van der Waals surface area (Å²) < 4.78 is 14.0. The Hall–Kier alpha value is -1.13. The lowest BCUT2D eigenvalue weighted by Crippen LogP contribution is -2.31. The Morgan fingerprint density at radius 1 is 1.32 bits per heavy atom. The number of hydrogen-bond donors (Lipinski definition) is 1. The Balaban J connectivity index is 1.92. The zero-order chi connectivity index (χ0) is 13.7. The minimum Gasteiger partial charge on any atom is -0.371 e. The van der Waals surface area contributed by atoms with E-state index in [2.05, 4.69) is 4.90 Å². The molecule has 0 spiro atoms. The second kappa shape index (κ2) is 6.87. The zero-order valence-electron chi connectivity index (χ0n) is 11.7. The van der Waals surface area contributed by atoms with E-state index in [4.69, 9.17) is 5.73 Å². The smallest absolute Gasteiger partial charge is 0.146 e. The van der Waals surface area contributed by atoms with Gasteiger partial charge in [-0.3, -0.25) is 0 Å². The third-order valence-corrected chi connectivity index (χ3v) is 3.81. The summed E-state index contributed by atoms with van der Waals surface area (Å²) in [5, 5.41) is 0. The first-order valence-electron chi connectivity index (χ1n) is 7.12. The maximum absolute atomic E-state index is 14.0. The molecule has 1 aliphatic rings. The van der Waals surface area contributed by atoms with Crippen LogP contribution < -0.4 is 10.6 Å². The number of halogens is 1. The second-order valence-corrected chi connectivity index (χ2v) is 5.29. The molecule has 0 unspecified atom stereocenters. The van der Waals surface area contributed by atoms with Crippen molar-refractivity contribution in [3.8, 4) is 0 Å². The first-order chi connectivity index (χ1) is 9.20. The number of benzene rings is 1. The molecule has 4 heteroatoms. The van der Waals surface area contributed by atoms with Crippen molar-refractivity contribution in [3.63, 3.8) is 0 Å². The van der Waals surface area contributed by atoms with Gasteiger partial charge in [0.1, 0.15) is 5.82 Å². The van der Waals surface area contributed by atoms with Gasteiger partial charge in [-0.05, 0) is 56.6 Å². The van der Waals surface area contributed by atoms with Crippen molar-refractivity contribution in [1.29, 1.82) is 0 Å². The zero-order valence-corrected chi connectivity index (χ0v) is 11.7. The minimum atomic E-state index is -0.144. The molecule has 0 aliphatic carbocycles. The standard InChI is InChI=1S/C15H24FN3/c1-18(10-11-19-8-2-3-9-19)15-5-4-13(6-7-17)12-14(15)16/h4-5,12H,2-3,6-11,17H2,1H3. The van der Waals surface area contributed by atoms with Gasteiger partial charge in [0, 0.05) is 20.1 Å². The van der Waals surface area contributed by atoms with Crippen molar-refractivity contribution in [2.75, 3.05) is 44.7 Å². The van der Waals surface area contributed by atoms with Gasteiger partial charge in [0.25, 0.3) is 0 Å². The fourth-order valence-corrected chi connectivity index (χ4v) is 2.60. The number of anilines is 1. The van der Waals surface area contributed by atoms with E-state index in [1.807, 2.05) is 24.1 Å². The number of likely N-dealkylation sites (tertiary alicyclic amines) is 1. The van der Waals surface area contributed by atoms with Crippen LogP contribution in [0, 0.1) is 5.82 Å². The van der Waals surface area contributed by atoms with Gasteiger partial charge < -0.3 is 15.5 Å². The summed E-state index contributed by atoms with van der Waals surface area (Å²) in [6.45, 7) is 4.81. The molecule has 2 N–H and O–H groups in total. The van der Waals surface area contributed by atoms with Crippen LogP contribution in [0.1, 0.15) is 18.4 Å². The fourth-order valence-electron chi connectivity index (χ4n) is 2.60. The van der Waals surface area contributed by atoms with Gasteiger partial charge in [-0.15, -0.1) is 0 Å². The number of nitrogens with zero attached hydrogens (tertiary/aromatic N) is 2. The summed E-state index contributed by atoms with van der Waals surface area (Å²) in [6, 6.07) is 5.44. The average Bonchev–Trinajstić information content (AvgIpc) is 2.89. The quantitative estimate of drug-likeness (QED) is 0.852. The molecule has 1 aromatic carbocycles. The Morgan fingerprint density at radius 2 is 2.05 bits per heavy atom. The summed E-state index contributed by atoms with van der Waals surface area (Å²) in [6.07, 6.45) is 3.33. The predicted octanol–water partition coefficient (Wildman–Crippen LogP) is 1.86. The molecule has 0 amide bonds. The van der Waals surface area contributed by atoms with Crippen molar-refractivity contribution < 1.29 is 4.39 Å². The summed E-state index contributed by atoms with van der Waals surface area (Å²) in [4.78, 5) is 4.44. The molecule has 1 fully saturated rings. The van der Waals surface area contributed by atoms with Crippen LogP contribution in [0.25, 0.3) is 0 Å². The molecular weight excluding hydrogens is 241 g/mol. The normalized spacial score (nSPS) is 15.9. The molecule has 0 radical (unpaired) electrons. The summed E-state index contributed by atoms with van der Waals surface area (Å²) >= 11 is 0. The third kappa shape index (κ3) is 3.91. The maximum atomic E-state index is 14.0. The minimum absolute atomic E-state index is 0.144. The van der Waals surface area contributed by atoms with E-state index < -0.39 is 0 Å². The molecule has 0 aromatic heterocycles. The summed E-state index contributed by atoms with van der Waals surface area (Å²) in [5.74, 6) is -0.144. The van der Waals surface area contributed by atoms with E-state index in [0.29, 0.717) is 12.2 Å². The van der Waals surface area contributed by atoms with Crippen molar-refractivity contribution in [1.82, 2.24) is 4.90 Å². The topological polar surface area (TPSA) is 32.5 Å². The Labute approximate surface area is 115 Å². The van der Waals surface area contributed by atoms with Crippen LogP contribution in [0.5, 0.6) is 0 Å². The number of nitrogens with two attached hydrogens (primary N) is 1. The van der Waals surface area contributed by atoms with E-state index >= 15 is 0 Å². The van der Waals surface area contributed by atoms with Gasteiger partial charge in [0.15, 0.2) is 0 Å². The number of hydrogen-bond acceptors (Lipinski definition) is 3. The van der Waals surface area contributed by atoms with Gasteiger partial charge in [-0.2, -0.15) is 0 Å². The van der Waals surface area contributed by atoms with Crippen LogP contribution in [0.2, 0.25) is 0 Å². The van der Waals surface area contributed by atoms with Gasteiger partial charge in [-0.25, -0.2) is 4.39 Å². The van der Waals surface area contributed by atoms with Crippen LogP contribution in [0.15, 0.2) is 18.2 Å². The maximum Gasteiger partial charge on any atom is 0.146 e. The Bertz CT molecular complexity index is 402. The van der Waals surface area contributed by atoms with E-state index in [0.717, 1.165) is 25.1 Å². The largest absolute Gasteiger partial charge is 0.371 e. The lowest BCUT2D eigenvalue weighted by Gasteiger charge is -2.23. The molecule has 2 rings (SSSR count). The molecule has 19 heavy (non-hydrogen) atoms. The van der Waals surface area contributed by atoms with Gasteiger partial charge in [-0.1, -0.05) is 6.07 Å². The Morgan fingerprint density at radius 3 is 2.68 bits per heavy atom. The summed E-state index contributed by atoms with van der Waals surface area (Å²) in [7, 11) is 1.96. The van der Waals surface area contributed by atoms with Gasteiger partial charge in [0.2, 0.25) is 0 Å². The van der Waals surface area contributed by atoms with Crippen LogP contribution >= 0.6 is 0 Å². The van der Waals surface area contributed by atoms with Gasteiger partial charge >= 0.3 is 0 Å². The third-order valence-electron chi connectivity index (χ3n) is 3.81. The van der Waals surface area contributed by atoms with Crippen LogP contribution in [0.3, 0.4) is 0 Å². The van der Waals surface area contributed by atoms with Crippen molar-refractivity contribution in [3.05, 3.63) is 29.6 Å². The highest BCUT2D eigenvalue weighted by molar-refractivity contribution is 5.48. The van der Waals surface area contributed by atoms with Gasteiger partial charge in [0.05, 0.1) is 5.69 Å². The Kier molecular flexibility index (Phi) is 5.16. The van der Waals surface area contributed by atoms with E-state index in [1.165, 1.54) is 25.9 Å². The van der Waals surface area contributed by atoms with Crippen molar-refractivity contribution in [2.24, 2.45) is 5.73 Å². The van der Waals surface area contributed by atoms with Crippen LogP contribution in [0.4, 0.5) is 10.1 Å². The fraction of sp³-hybridized carbons (Fsp3) is 0.600. The van der Waals surface area contributed by atoms with Crippen LogP contribution in [-0.2, 0) is 6.42 Å². The highest BCUT2D eigenvalue weighted by atomic mass is 19.1. The first kappa shape index (κ1) is 14.3. The predicted molar refractivity (Wildman–Crippen MR) is 78.1 cm³/mol.